The number of carbonyl (C=O) groups excluding carboxylic acids is 4. The topological polar surface area (TPSA) is 109 Å². The van der Waals surface area contributed by atoms with E-state index >= 15 is 0 Å². The number of allylic oxidation sites excluding steroid dienone is 1. The van der Waals surface area contributed by atoms with Gasteiger partial charge in [-0.15, -0.1) is 0 Å². The molecule has 0 radical (unpaired) electrons. The van der Waals surface area contributed by atoms with E-state index in [9.17, 15) is 19.2 Å². The maximum Gasteiger partial charge on any atom is 0.334 e. The summed E-state index contributed by atoms with van der Waals surface area (Å²) in [5, 5.41) is 0. The molecule has 1 aromatic heterocycles. The minimum Gasteiger partial charge on any atom is -0.472 e. The van der Waals surface area contributed by atoms with Gasteiger partial charge in [-0.05, 0) is 50.0 Å². The van der Waals surface area contributed by atoms with Crippen LogP contribution in [-0.4, -0.2) is 36.9 Å². The van der Waals surface area contributed by atoms with Crippen LogP contribution in [-0.2, 0) is 33.4 Å². The summed E-state index contributed by atoms with van der Waals surface area (Å²) in [5.41, 5.74) is -0.439. The molecule has 3 fully saturated rings. The third kappa shape index (κ3) is 3.67. The highest BCUT2D eigenvalue weighted by atomic mass is 16.6. The molecule has 0 spiro atoms. The second kappa shape index (κ2) is 8.71. The van der Waals surface area contributed by atoms with Gasteiger partial charge in [0, 0.05) is 23.5 Å². The molecule has 2 aliphatic carbocycles. The van der Waals surface area contributed by atoms with Gasteiger partial charge in [-0.2, -0.15) is 0 Å². The zero-order chi connectivity index (χ0) is 24.8. The van der Waals surface area contributed by atoms with Crippen LogP contribution in [0.15, 0.2) is 34.7 Å². The smallest absolute Gasteiger partial charge is 0.334 e. The normalized spacial score (nSPS) is 37.8. The molecular weight excluding hydrogens is 440 g/mol. The van der Waals surface area contributed by atoms with Crippen molar-refractivity contribution in [2.24, 2.45) is 28.6 Å². The lowest BCUT2D eigenvalue weighted by atomic mass is 9.43. The Bertz CT molecular complexity index is 1020. The molecule has 8 heteroatoms. The maximum absolute atomic E-state index is 14.0. The number of rotatable bonds is 4. The lowest BCUT2D eigenvalue weighted by molar-refractivity contribution is -0.210. The number of furan rings is 1. The van der Waals surface area contributed by atoms with E-state index in [0.29, 0.717) is 24.8 Å². The Labute approximate surface area is 199 Å². The van der Waals surface area contributed by atoms with Crippen molar-refractivity contribution in [3.63, 3.8) is 0 Å². The lowest BCUT2D eigenvalue weighted by Crippen LogP contribution is -2.64. The summed E-state index contributed by atoms with van der Waals surface area (Å²) < 4.78 is 21.7. The highest BCUT2D eigenvalue weighted by Gasteiger charge is 2.67. The Morgan fingerprint density at radius 2 is 1.94 bits per heavy atom. The number of ketones is 1. The van der Waals surface area contributed by atoms with Crippen LogP contribution in [0.3, 0.4) is 0 Å². The molecule has 3 aliphatic rings. The van der Waals surface area contributed by atoms with Gasteiger partial charge in [0.15, 0.2) is 11.9 Å². The van der Waals surface area contributed by atoms with Crippen LogP contribution in [0.2, 0.25) is 0 Å². The molecular formula is C26H32O8. The van der Waals surface area contributed by atoms with Crippen LogP contribution in [0.4, 0.5) is 0 Å². The number of methoxy groups -OCH3 is 1. The summed E-state index contributed by atoms with van der Waals surface area (Å²) in [6.07, 6.45) is 4.47. The highest BCUT2D eigenvalue weighted by Crippen LogP contribution is 2.65. The van der Waals surface area contributed by atoms with E-state index < -0.39 is 52.7 Å². The first-order valence-corrected chi connectivity index (χ1v) is 11.7. The van der Waals surface area contributed by atoms with Gasteiger partial charge in [0.1, 0.15) is 6.10 Å². The fourth-order valence-corrected chi connectivity index (χ4v) is 6.60. The number of hydrogen-bond donors (Lipinski definition) is 0. The number of Topliss-reactive ketones (excluding diaryl/α,β-unsaturated/α-hetero) is 1. The average Bonchev–Trinajstić information content (AvgIpc) is 3.34. The molecule has 2 heterocycles. The summed E-state index contributed by atoms with van der Waals surface area (Å²) >= 11 is 0. The summed E-state index contributed by atoms with van der Waals surface area (Å²) in [6, 6.07) is 1.74. The Morgan fingerprint density at radius 1 is 1.21 bits per heavy atom. The Balaban J connectivity index is 1.77. The molecule has 1 aromatic rings. The highest BCUT2D eigenvalue weighted by molar-refractivity contribution is 5.95. The molecule has 0 aromatic carbocycles. The molecule has 34 heavy (non-hydrogen) atoms. The van der Waals surface area contributed by atoms with E-state index in [2.05, 4.69) is 0 Å². The average molecular weight is 473 g/mol. The van der Waals surface area contributed by atoms with Gasteiger partial charge < -0.3 is 18.6 Å². The van der Waals surface area contributed by atoms with E-state index in [4.69, 9.17) is 18.6 Å². The Kier molecular flexibility index (Phi) is 6.21. The van der Waals surface area contributed by atoms with Gasteiger partial charge in [-0.3, -0.25) is 14.4 Å². The van der Waals surface area contributed by atoms with Crippen LogP contribution >= 0.6 is 0 Å². The van der Waals surface area contributed by atoms with Crippen LogP contribution in [0.25, 0.3) is 0 Å². The second-order valence-electron chi connectivity index (χ2n) is 10.3. The van der Waals surface area contributed by atoms with E-state index in [-0.39, 0.29) is 18.2 Å². The predicted octanol–water partition coefficient (Wildman–Crippen LogP) is 3.95. The zero-order valence-corrected chi connectivity index (χ0v) is 20.3. The van der Waals surface area contributed by atoms with Gasteiger partial charge in [-0.25, -0.2) is 4.79 Å². The number of hydrogen-bond acceptors (Lipinski definition) is 8. The van der Waals surface area contributed by atoms with Crippen LogP contribution in [0.1, 0.15) is 65.0 Å². The minimum atomic E-state index is -1.09. The summed E-state index contributed by atoms with van der Waals surface area (Å²) in [4.78, 5) is 52.6. The van der Waals surface area contributed by atoms with Gasteiger partial charge in [0.05, 0.1) is 31.5 Å². The monoisotopic (exact) mass is 472 g/mol. The first-order valence-electron chi connectivity index (χ1n) is 11.7. The second-order valence-corrected chi connectivity index (χ2v) is 10.3. The summed E-state index contributed by atoms with van der Waals surface area (Å²) in [6.45, 7) is 7.19. The van der Waals surface area contributed by atoms with Gasteiger partial charge >= 0.3 is 17.9 Å². The van der Waals surface area contributed by atoms with Crippen molar-refractivity contribution < 1.29 is 37.8 Å². The number of ether oxygens (including phenoxy) is 3. The maximum atomic E-state index is 14.0. The van der Waals surface area contributed by atoms with Crippen molar-refractivity contribution in [1.29, 1.82) is 0 Å². The van der Waals surface area contributed by atoms with Crippen molar-refractivity contribution in [3.05, 3.63) is 35.8 Å². The number of fused-ring (bicyclic) bond motifs is 3. The quantitative estimate of drug-likeness (QED) is 0.368. The lowest BCUT2D eigenvalue weighted by Gasteiger charge is -2.61. The van der Waals surface area contributed by atoms with Crippen molar-refractivity contribution >= 4 is 23.7 Å². The van der Waals surface area contributed by atoms with Crippen molar-refractivity contribution in [2.75, 3.05) is 7.11 Å². The molecule has 2 saturated carbocycles. The Hall–Kier alpha value is -2.90. The Morgan fingerprint density at radius 3 is 2.56 bits per heavy atom. The molecule has 8 nitrogen and oxygen atoms in total. The predicted molar refractivity (Wildman–Crippen MR) is 119 cm³/mol. The van der Waals surface area contributed by atoms with Crippen LogP contribution < -0.4 is 0 Å². The zero-order valence-electron chi connectivity index (χ0n) is 20.3. The SMILES string of the molecule is C/C=C(\C)C(=O)O[C@H]1C[C@@H](C(=O)OC)[C@]2(C)CC[C@H]3C(=O)O[C@H](c4ccoc4)C[C@]3(C)[C@H]2C1=O. The summed E-state index contributed by atoms with van der Waals surface area (Å²) in [7, 11) is 1.32. The number of cyclic esters (lactones) is 1. The van der Waals surface area contributed by atoms with Crippen molar-refractivity contribution in [2.45, 2.75) is 65.6 Å². The molecule has 7 atom stereocenters. The van der Waals surface area contributed by atoms with E-state index in [1.165, 1.54) is 19.6 Å². The first-order chi connectivity index (χ1) is 16.1. The van der Waals surface area contributed by atoms with Crippen molar-refractivity contribution in [1.82, 2.24) is 0 Å². The molecule has 0 amide bonds. The number of carbonyl (C=O) groups is 4. The molecule has 0 N–H and O–H groups in total. The molecule has 0 bridgehead atoms. The molecule has 184 valence electrons. The summed E-state index contributed by atoms with van der Waals surface area (Å²) in [5.74, 6) is -3.46. The minimum absolute atomic E-state index is 0.0671. The largest absolute Gasteiger partial charge is 0.472 e. The first kappa shape index (κ1) is 24.2. The van der Waals surface area contributed by atoms with Crippen molar-refractivity contribution in [3.8, 4) is 0 Å². The third-order valence-electron chi connectivity index (χ3n) is 8.51. The van der Waals surface area contributed by atoms with Gasteiger partial charge in [0.2, 0.25) is 0 Å². The van der Waals surface area contributed by atoms with Gasteiger partial charge in [-0.1, -0.05) is 19.9 Å². The molecule has 1 aliphatic heterocycles. The van der Waals surface area contributed by atoms with E-state index in [1.807, 2.05) is 13.8 Å². The van der Waals surface area contributed by atoms with Crippen LogP contribution in [0, 0.1) is 28.6 Å². The van der Waals surface area contributed by atoms with E-state index in [1.54, 1.807) is 26.0 Å². The molecule has 4 rings (SSSR count). The third-order valence-corrected chi connectivity index (χ3v) is 8.51. The molecule has 0 unspecified atom stereocenters. The fraction of sp³-hybridized carbons (Fsp3) is 0.615. The van der Waals surface area contributed by atoms with E-state index in [0.717, 1.165) is 5.56 Å². The van der Waals surface area contributed by atoms with Gasteiger partial charge in [0.25, 0.3) is 0 Å². The fourth-order valence-electron chi connectivity index (χ4n) is 6.60. The standard InChI is InChI=1S/C26H32O8/c1-6-14(2)22(28)33-18-11-17(23(29)31-5)25(3)9-7-16-24(30)34-19(15-8-10-32-13-15)12-26(16,4)21(25)20(18)27/h6,8,10,13,16-19,21H,7,9,11-12H2,1-5H3/b14-6+/t16-,17-,18-,19-,21-,25-,26-/m0/s1. The number of esters is 3. The molecule has 1 saturated heterocycles. The van der Waals surface area contributed by atoms with Crippen LogP contribution in [0.5, 0.6) is 0 Å².